The summed E-state index contributed by atoms with van der Waals surface area (Å²) in [5.74, 6) is -0.238. The van der Waals surface area contributed by atoms with E-state index >= 15 is 0 Å². The van der Waals surface area contributed by atoms with Gasteiger partial charge in [-0.1, -0.05) is 41.9 Å². The molecule has 0 bridgehead atoms. The molecule has 214 valence electrons. The molecule has 1 N–H and O–H groups in total. The van der Waals surface area contributed by atoms with E-state index in [1.165, 1.54) is 43.4 Å². The quantitative estimate of drug-likeness (QED) is 0.335. The van der Waals surface area contributed by atoms with Crippen LogP contribution in [-0.2, 0) is 26.2 Å². The third-order valence-corrected chi connectivity index (χ3v) is 8.17. The van der Waals surface area contributed by atoms with Gasteiger partial charge in [-0.15, -0.1) is 0 Å². The molecule has 0 spiro atoms. The largest absolute Gasteiger partial charge is 0.493 e. The minimum Gasteiger partial charge on any atom is -0.493 e. The van der Waals surface area contributed by atoms with Crippen molar-refractivity contribution in [3.63, 3.8) is 0 Å². The van der Waals surface area contributed by atoms with E-state index in [1.807, 2.05) is 13.8 Å². The number of methoxy groups -OCH3 is 2. The Kier molecular flexibility index (Phi) is 10.4. The lowest BCUT2D eigenvalue weighted by Crippen LogP contribution is -2.52. The molecule has 0 fully saturated rings. The molecular weight excluding hydrogens is 554 g/mol. The first-order chi connectivity index (χ1) is 19.0. The van der Waals surface area contributed by atoms with E-state index in [2.05, 4.69) is 5.32 Å². The third-order valence-electron chi connectivity index (χ3n) is 6.13. The van der Waals surface area contributed by atoms with Crippen LogP contribution in [0.4, 0.5) is 5.69 Å². The van der Waals surface area contributed by atoms with Crippen molar-refractivity contribution in [2.24, 2.45) is 0 Å². The summed E-state index contributed by atoms with van der Waals surface area (Å²) < 4.78 is 39.5. The van der Waals surface area contributed by atoms with Crippen LogP contribution in [0.25, 0.3) is 0 Å². The van der Waals surface area contributed by atoms with Crippen molar-refractivity contribution < 1.29 is 27.5 Å². The molecule has 3 aromatic rings. The Bertz CT molecular complexity index is 1420. The molecule has 0 aliphatic heterocycles. The molecule has 3 aromatic carbocycles. The molecule has 0 heterocycles. The molecule has 0 aliphatic carbocycles. The topological polar surface area (TPSA) is 105 Å². The highest BCUT2D eigenvalue weighted by molar-refractivity contribution is 7.92. The maximum absolute atomic E-state index is 13.9. The lowest BCUT2D eigenvalue weighted by molar-refractivity contribution is -0.139. The Hall–Kier alpha value is -3.76. The van der Waals surface area contributed by atoms with Gasteiger partial charge in [0.15, 0.2) is 11.5 Å². The van der Waals surface area contributed by atoms with E-state index in [0.717, 1.165) is 9.87 Å². The van der Waals surface area contributed by atoms with Crippen LogP contribution >= 0.6 is 11.6 Å². The van der Waals surface area contributed by atoms with Crippen LogP contribution in [0.15, 0.2) is 77.7 Å². The van der Waals surface area contributed by atoms with Gasteiger partial charge in [-0.3, -0.25) is 13.9 Å². The van der Waals surface area contributed by atoms with Crippen molar-refractivity contribution in [1.29, 1.82) is 0 Å². The number of nitrogens with one attached hydrogen (secondary N) is 1. The zero-order chi connectivity index (χ0) is 29.4. The fraction of sp³-hybridized carbons (Fsp3) is 0.310. The van der Waals surface area contributed by atoms with Crippen LogP contribution in [0.3, 0.4) is 0 Å². The average molecular weight is 588 g/mol. The summed E-state index contributed by atoms with van der Waals surface area (Å²) in [5.41, 5.74) is 0.922. The number of hydrogen-bond donors (Lipinski definition) is 1. The monoisotopic (exact) mass is 587 g/mol. The van der Waals surface area contributed by atoms with Gasteiger partial charge < -0.3 is 19.7 Å². The molecule has 40 heavy (non-hydrogen) atoms. The number of amides is 2. The van der Waals surface area contributed by atoms with Crippen LogP contribution in [-0.4, -0.2) is 58.0 Å². The smallest absolute Gasteiger partial charge is 0.264 e. The minimum atomic E-state index is -4.20. The van der Waals surface area contributed by atoms with Gasteiger partial charge in [-0.25, -0.2) is 8.42 Å². The number of benzene rings is 3. The van der Waals surface area contributed by atoms with Gasteiger partial charge in [0.2, 0.25) is 11.8 Å². The number of anilines is 1. The first-order valence-corrected chi connectivity index (χ1v) is 14.4. The van der Waals surface area contributed by atoms with E-state index in [1.54, 1.807) is 55.5 Å². The number of sulfonamides is 1. The number of nitrogens with zero attached hydrogens (tertiary/aromatic N) is 2. The first kappa shape index (κ1) is 30.8. The van der Waals surface area contributed by atoms with Crippen molar-refractivity contribution in [2.45, 2.75) is 44.3 Å². The number of rotatable bonds is 12. The van der Waals surface area contributed by atoms with Crippen molar-refractivity contribution in [2.75, 3.05) is 25.1 Å². The molecular formula is C29H34ClN3O6S. The second-order valence-electron chi connectivity index (χ2n) is 9.35. The van der Waals surface area contributed by atoms with E-state index in [0.29, 0.717) is 16.5 Å². The molecule has 0 radical (unpaired) electrons. The fourth-order valence-corrected chi connectivity index (χ4v) is 5.56. The molecule has 11 heteroatoms. The second kappa shape index (κ2) is 13.5. The zero-order valence-electron chi connectivity index (χ0n) is 23.1. The molecule has 0 saturated carbocycles. The number of ether oxygens (including phenoxy) is 2. The highest BCUT2D eigenvalue weighted by atomic mass is 35.5. The van der Waals surface area contributed by atoms with Gasteiger partial charge in [0.1, 0.15) is 12.6 Å². The van der Waals surface area contributed by atoms with E-state index in [4.69, 9.17) is 21.1 Å². The number of halogens is 1. The van der Waals surface area contributed by atoms with Crippen molar-refractivity contribution >= 4 is 39.1 Å². The highest BCUT2D eigenvalue weighted by Gasteiger charge is 2.33. The molecule has 0 saturated heterocycles. The molecule has 1 unspecified atom stereocenters. The Morgan fingerprint density at radius 1 is 0.900 bits per heavy atom. The van der Waals surface area contributed by atoms with E-state index in [-0.39, 0.29) is 29.1 Å². The van der Waals surface area contributed by atoms with Gasteiger partial charge in [0, 0.05) is 23.7 Å². The molecule has 2 amide bonds. The van der Waals surface area contributed by atoms with Gasteiger partial charge >= 0.3 is 0 Å². The lowest BCUT2D eigenvalue weighted by atomic mass is 10.1. The van der Waals surface area contributed by atoms with Gasteiger partial charge in [-0.05, 0) is 62.7 Å². The maximum atomic E-state index is 13.9. The van der Waals surface area contributed by atoms with Gasteiger partial charge in [0.05, 0.1) is 24.8 Å². The Balaban J connectivity index is 2.07. The van der Waals surface area contributed by atoms with Crippen LogP contribution < -0.4 is 19.1 Å². The first-order valence-electron chi connectivity index (χ1n) is 12.6. The molecule has 0 aromatic heterocycles. The number of carbonyl (C=O) groups is 2. The molecule has 9 nitrogen and oxygen atoms in total. The second-order valence-corrected chi connectivity index (χ2v) is 11.7. The number of hydrogen-bond acceptors (Lipinski definition) is 6. The maximum Gasteiger partial charge on any atom is 0.264 e. The van der Waals surface area contributed by atoms with Crippen LogP contribution in [0, 0.1) is 0 Å². The molecule has 0 aliphatic rings. The van der Waals surface area contributed by atoms with Crippen molar-refractivity contribution in [3.05, 3.63) is 83.4 Å². The third kappa shape index (κ3) is 7.45. The summed E-state index contributed by atoms with van der Waals surface area (Å²) in [5, 5.41) is 3.35. The lowest BCUT2D eigenvalue weighted by Gasteiger charge is -2.32. The average Bonchev–Trinajstić information content (AvgIpc) is 2.94. The summed E-state index contributed by atoms with van der Waals surface area (Å²) in [7, 11) is -1.29. The van der Waals surface area contributed by atoms with Crippen LogP contribution in [0.1, 0.15) is 26.3 Å². The highest BCUT2D eigenvalue weighted by Crippen LogP contribution is 2.34. The van der Waals surface area contributed by atoms with Gasteiger partial charge in [-0.2, -0.15) is 0 Å². The Morgan fingerprint density at radius 2 is 1.52 bits per heavy atom. The normalized spacial score (nSPS) is 12.0. The predicted molar refractivity (Wildman–Crippen MR) is 155 cm³/mol. The summed E-state index contributed by atoms with van der Waals surface area (Å²) in [6.07, 6.45) is 0. The summed E-state index contributed by atoms with van der Waals surface area (Å²) in [6, 6.07) is 18.3. The number of carbonyl (C=O) groups excluding carboxylic acids is 2. The standard InChI is InChI=1S/C29H34ClN3O6S/c1-20(2)31-29(35)21(3)32(18-22-11-13-23(30)14-12-22)28(34)19-33(40(36,37)25-9-7-6-8-10-25)24-15-16-26(38-4)27(17-24)39-5/h6-17,20-21H,18-19H2,1-5H3,(H,31,35). The van der Waals surface area contributed by atoms with E-state index < -0.39 is 28.5 Å². The van der Waals surface area contributed by atoms with Crippen molar-refractivity contribution in [3.8, 4) is 11.5 Å². The van der Waals surface area contributed by atoms with Crippen LogP contribution in [0.2, 0.25) is 5.02 Å². The van der Waals surface area contributed by atoms with E-state index in [9.17, 15) is 18.0 Å². The Morgan fingerprint density at radius 3 is 2.10 bits per heavy atom. The SMILES string of the molecule is COc1ccc(N(CC(=O)N(Cc2ccc(Cl)cc2)C(C)C(=O)NC(C)C)S(=O)(=O)c2ccccc2)cc1OC. The van der Waals surface area contributed by atoms with Crippen LogP contribution in [0.5, 0.6) is 11.5 Å². The fourth-order valence-electron chi connectivity index (χ4n) is 4.00. The molecule has 1 atom stereocenters. The minimum absolute atomic E-state index is 0.00688. The summed E-state index contributed by atoms with van der Waals surface area (Å²) in [4.78, 5) is 28.3. The van der Waals surface area contributed by atoms with Crippen molar-refractivity contribution in [1.82, 2.24) is 10.2 Å². The van der Waals surface area contributed by atoms with Gasteiger partial charge in [0.25, 0.3) is 10.0 Å². The zero-order valence-corrected chi connectivity index (χ0v) is 24.7. The Labute approximate surface area is 240 Å². The predicted octanol–water partition coefficient (Wildman–Crippen LogP) is 4.49. The summed E-state index contributed by atoms with van der Waals surface area (Å²) >= 11 is 6.04. The molecule has 3 rings (SSSR count). The summed E-state index contributed by atoms with van der Waals surface area (Å²) in [6.45, 7) is 4.74.